The van der Waals surface area contributed by atoms with Crippen molar-refractivity contribution in [2.24, 2.45) is 0 Å². The van der Waals surface area contributed by atoms with E-state index in [0.29, 0.717) is 0 Å². The molecular formula is C11H15NO9P+. The third-order valence-electron chi connectivity index (χ3n) is 3.11. The molecule has 0 unspecified atom stereocenters. The van der Waals surface area contributed by atoms with E-state index in [2.05, 4.69) is 4.52 Å². The Morgan fingerprint density at radius 2 is 2.05 bits per heavy atom. The predicted octanol–water partition coefficient (Wildman–Crippen LogP) is -1.60. The van der Waals surface area contributed by atoms with Gasteiger partial charge in [-0.1, -0.05) is 0 Å². The lowest BCUT2D eigenvalue weighted by atomic mass is 10.1. The van der Waals surface area contributed by atoms with Gasteiger partial charge in [-0.3, -0.25) is 4.52 Å². The fraction of sp³-hybridized carbons (Fsp3) is 0.455. The van der Waals surface area contributed by atoms with Crippen LogP contribution in [0.5, 0.6) is 0 Å². The van der Waals surface area contributed by atoms with E-state index in [1.54, 1.807) is 0 Å². The summed E-state index contributed by atoms with van der Waals surface area (Å²) in [5.41, 5.74) is -0.0530. The first-order valence-electron chi connectivity index (χ1n) is 6.15. The van der Waals surface area contributed by atoms with E-state index in [-0.39, 0.29) is 5.56 Å². The number of aromatic nitrogens is 1. The summed E-state index contributed by atoms with van der Waals surface area (Å²) in [6.45, 7) is -0.627. The molecule has 0 aromatic carbocycles. The van der Waals surface area contributed by atoms with Gasteiger partial charge in [0.1, 0.15) is 17.8 Å². The minimum atomic E-state index is -4.73. The Hall–Kier alpha value is -1.39. The van der Waals surface area contributed by atoms with Gasteiger partial charge in [-0.05, 0) is 6.07 Å². The normalized spacial score (nSPS) is 28.7. The molecule has 1 fully saturated rings. The molecule has 4 atom stereocenters. The average molecular weight is 336 g/mol. The molecule has 1 aromatic heterocycles. The molecule has 1 aromatic rings. The number of aliphatic hydroxyl groups is 2. The lowest BCUT2D eigenvalue weighted by Gasteiger charge is -2.13. The summed E-state index contributed by atoms with van der Waals surface area (Å²) >= 11 is 0. The maximum absolute atomic E-state index is 10.9. The minimum Gasteiger partial charge on any atom is -0.477 e. The Bertz CT molecular complexity index is 603. The highest BCUT2D eigenvalue weighted by molar-refractivity contribution is 7.46. The number of hydrogen-bond donors (Lipinski definition) is 5. The van der Waals surface area contributed by atoms with E-state index in [4.69, 9.17) is 19.6 Å². The van der Waals surface area contributed by atoms with E-state index < -0.39 is 44.9 Å². The van der Waals surface area contributed by atoms with Crippen molar-refractivity contribution < 1.29 is 48.3 Å². The summed E-state index contributed by atoms with van der Waals surface area (Å²) in [4.78, 5) is 28.2. The molecule has 0 saturated carbocycles. The van der Waals surface area contributed by atoms with Gasteiger partial charge in [0.15, 0.2) is 18.5 Å². The van der Waals surface area contributed by atoms with Crippen molar-refractivity contribution in [2.45, 2.75) is 24.5 Å². The van der Waals surface area contributed by atoms with E-state index in [1.807, 2.05) is 0 Å². The number of aliphatic hydroxyl groups excluding tert-OH is 2. The topological polar surface area (TPSA) is 158 Å². The number of ether oxygens (including phenoxy) is 1. The quantitative estimate of drug-likeness (QED) is 0.315. The number of nitrogens with zero attached hydrogens (tertiary/aromatic N) is 1. The van der Waals surface area contributed by atoms with E-state index in [0.717, 1.165) is 0 Å². The summed E-state index contributed by atoms with van der Waals surface area (Å²) in [5, 5.41) is 28.7. The number of phosphoric ester groups is 1. The third kappa shape index (κ3) is 3.87. The molecule has 0 aliphatic carbocycles. The summed E-state index contributed by atoms with van der Waals surface area (Å²) in [5.74, 6) is -1.18. The summed E-state index contributed by atoms with van der Waals surface area (Å²) in [7, 11) is -4.73. The second-order valence-corrected chi connectivity index (χ2v) is 5.92. The molecule has 0 bridgehead atoms. The van der Waals surface area contributed by atoms with E-state index >= 15 is 0 Å². The van der Waals surface area contributed by atoms with Gasteiger partial charge in [-0.2, -0.15) is 4.57 Å². The van der Waals surface area contributed by atoms with Crippen LogP contribution >= 0.6 is 7.82 Å². The number of rotatable bonds is 5. The molecule has 1 saturated heterocycles. The third-order valence-corrected chi connectivity index (χ3v) is 3.59. The monoisotopic (exact) mass is 336 g/mol. The molecule has 5 N–H and O–H groups in total. The average Bonchev–Trinajstić information content (AvgIpc) is 2.72. The summed E-state index contributed by atoms with van der Waals surface area (Å²) in [6.07, 6.45) is -2.51. The minimum absolute atomic E-state index is 0.0530. The zero-order valence-electron chi connectivity index (χ0n) is 11.1. The number of aromatic carboxylic acids is 1. The van der Waals surface area contributed by atoms with Crippen molar-refractivity contribution >= 4 is 13.8 Å². The number of carboxylic acids is 1. The molecule has 0 spiro atoms. The molecule has 0 amide bonds. The standard InChI is InChI=1S/C11H14NO9P/c13-8-7(5-20-22(17,18)19)21-10(9(8)14)12-3-1-2-6(4-12)11(15)16/h1-4,7-10,13-14H,5H2,(H2-,15,16,17,18,19)/p+1/t7-,8+,9-,10-/m1/s1. The summed E-state index contributed by atoms with van der Waals surface area (Å²) < 4.78 is 21.4. The van der Waals surface area contributed by atoms with Crippen molar-refractivity contribution in [1.82, 2.24) is 0 Å². The van der Waals surface area contributed by atoms with Crippen molar-refractivity contribution in [3.63, 3.8) is 0 Å². The van der Waals surface area contributed by atoms with Crippen LogP contribution in [0.1, 0.15) is 16.6 Å². The van der Waals surface area contributed by atoms with Crippen LogP contribution in [0.25, 0.3) is 0 Å². The second kappa shape index (κ2) is 6.39. The number of hydrogen-bond acceptors (Lipinski definition) is 6. The molecule has 22 heavy (non-hydrogen) atoms. The molecule has 0 radical (unpaired) electrons. The molecule has 1 aliphatic rings. The van der Waals surface area contributed by atoms with Gasteiger partial charge in [0.2, 0.25) is 0 Å². The number of pyridine rings is 1. The lowest BCUT2D eigenvalue weighted by Crippen LogP contribution is -2.46. The van der Waals surface area contributed by atoms with Gasteiger partial charge in [-0.15, -0.1) is 0 Å². The van der Waals surface area contributed by atoms with Crippen molar-refractivity contribution in [3.8, 4) is 0 Å². The highest BCUT2D eigenvalue weighted by Gasteiger charge is 2.48. The van der Waals surface area contributed by atoms with Crippen LogP contribution < -0.4 is 4.57 Å². The molecule has 10 nitrogen and oxygen atoms in total. The fourth-order valence-corrected chi connectivity index (χ4v) is 2.40. The van der Waals surface area contributed by atoms with Gasteiger partial charge < -0.3 is 29.8 Å². The van der Waals surface area contributed by atoms with Crippen molar-refractivity contribution in [1.29, 1.82) is 0 Å². The van der Waals surface area contributed by atoms with Gasteiger partial charge in [0, 0.05) is 6.07 Å². The van der Waals surface area contributed by atoms with Gasteiger partial charge in [0.05, 0.1) is 6.61 Å². The number of carbonyl (C=O) groups is 1. The van der Waals surface area contributed by atoms with Crippen LogP contribution in [0.3, 0.4) is 0 Å². The van der Waals surface area contributed by atoms with Crippen LogP contribution in [0.15, 0.2) is 24.5 Å². The van der Waals surface area contributed by atoms with Gasteiger partial charge in [-0.25, -0.2) is 9.36 Å². The first-order valence-corrected chi connectivity index (χ1v) is 7.68. The number of carboxylic acid groups (broad SMARTS) is 1. The maximum Gasteiger partial charge on any atom is 0.469 e. The molecular weight excluding hydrogens is 321 g/mol. The van der Waals surface area contributed by atoms with Crippen molar-refractivity contribution in [2.75, 3.05) is 6.61 Å². The first kappa shape index (κ1) is 17.0. The molecule has 2 heterocycles. The molecule has 11 heteroatoms. The van der Waals surface area contributed by atoms with Crippen LogP contribution in [0.2, 0.25) is 0 Å². The smallest absolute Gasteiger partial charge is 0.469 e. The van der Waals surface area contributed by atoms with E-state index in [1.165, 1.54) is 29.1 Å². The number of phosphoric acid groups is 1. The highest BCUT2D eigenvalue weighted by Crippen LogP contribution is 2.37. The zero-order chi connectivity index (χ0) is 16.5. The Labute approximate surface area is 124 Å². The van der Waals surface area contributed by atoms with Gasteiger partial charge >= 0.3 is 13.8 Å². The van der Waals surface area contributed by atoms with Crippen LogP contribution in [0, 0.1) is 0 Å². The Balaban J connectivity index is 2.14. The molecule has 1 aliphatic heterocycles. The SMILES string of the molecule is O=C(O)c1ccc[n+]([C@@H]2O[C@H](COP(=O)(O)O)[C@H](O)[C@H]2O)c1. The highest BCUT2D eigenvalue weighted by atomic mass is 31.2. The predicted molar refractivity (Wildman–Crippen MR) is 67.5 cm³/mol. The second-order valence-electron chi connectivity index (χ2n) is 4.68. The van der Waals surface area contributed by atoms with Crippen LogP contribution in [-0.4, -0.2) is 56.0 Å². The zero-order valence-corrected chi connectivity index (χ0v) is 12.0. The fourth-order valence-electron chi connectivity index (χ4n) is 2.06. The molecule has 2 rings (SSSR count). The maximum atomic E-state index is 10.9. The summed E-state index contributed by atoms with van der Waals surface area (Å²) in [6, 6.07) is 2.76. The Morgan fingerprint density at radius 1 is 1.36 bits per heavy atom. The largest absolute Gasteiger partial charge is 0.477 e. The molecule has 122 valence electrons. The lowest BCUT2D eigenvalue weighted by molar-refractivity contribution is -0.765. The van der Waals surface area contributed by atoms with Crippen LogP contribution in [0.4, 0.5) is 0 Å². The van der Waals surface area contributed by atoms with Crippen molar-refractivity contribution in [3.05, 3.63) is 30.1 Å². The van der Waals surface area contributed by atoms with Crippen LogP contribution in [-0.2, 0) is 13.8 Å². The Morgan fingerprint density at radius 3 is 2.64 bits per heavy atom. The van der Waals surface area contributed by atoms with E-state index in [9.17, 15) is 19.6 Å². The first-order chi connectivity index (χ1) is 10.2. The Kier molecular flexibility index (Phi) is 4.93. The van der Waals surface area contributed by atoms with Gasteiger partial charge in [0.25, 0.3) is 6.23 Å².